The summed E-state index contributed by atoms with van der Waals surface area (Å²) in [4.78, 5) is 25.0. The van der Waals surface area contributed by atoms with Crippen LogP contribution in [0.1, 0.15) is 12.6 Å². The Hall–Kier alpha value is -0.320. The Labute approximate surface area is 116 Å². The Morgan fingerprint density at radius 3 is 2.94 bits per heavy atom. The minimum atomic E-state index is -0.514. The number of hydrogen-bond acceptors (Lipinski definition) is 5. The number of rotatable bonds is 2. The fraction of sp³-hybridized carbons (Fsp3) is 0.556. The summed E-state index contributed by atoms with van der Waals surface area (Å²) >= 11 is 6.13. The van der Waals surface area contributed by atoms with E-state index in [4.69, 9.17) is 9.84 Å². The molecule has 1 aliphatic heterocycles. The van der Waals surface area contributed by atoms with Crippen molar-refractivity contribution in [3.05, 3.63) is 30.6 Å². The van der Waals surface area contributed by atoms with Gasteiger partial charge in [0.15, 0.2) is 0 Å². The standard InChI is InChI=1S/C9H11IN2O4S/c10-4-2-12(9(15)11-8(4)14)7-1-6(17)5(3-13)16-7/h2,5-7,13,17H,1,3H2,(H,11,14,15)/t5-,6?,7-/m0/s1. The van der Waals surface area contributed by atoms with E-state index in [1.165, 1.54) is 10.8 Å². The molecule has 0 aromatic carbocycles. The third-order valence-electron chi connectivity index (χ3n) is 2.62. The van der Waals surface area contributed by atoms with E-state index in [1.807, 2.05) is 22.6 Å². The van der Waals surface area contributed by atoms with Crippen LogP contribution in [-0.4, -0.2) is 32.6 Å². The zero-order valence-corrected chi connectivity index (χ0v) is 11.7. The number of aromatic amines is 1. The molecule has 1 saturated heterocycles. The van der Waals surface area contributed by atoms with Crippen molar-refractivity contribution in [2.75, 3.05) is 6.61 Å². The molecule has 1 aliphatic rings. The average Bonchev–Trinajstić information content (AvgIpc) is 2.65. The van der Waals surface area contributed by atoms with Gasteiger partial charge in [0.05, 0.1) is 16.3 Å². The summed E-state index contributed by atoms with van der Waals surface area (Å²) in [5.74, 6) is 0. The quantitative estimate of drug-likeness (QED) is 0.494. The molecule has 0 bridgehead atoms. The van der Waals surface area contributed by atoms with Gasteiger partial charge >= 0.3 is 5.69 Å². The summed E-state index contributed by atoms with van der Waals surface area (Å²) in [6.07, 6.45) is 1.08. The van der Waals surface area contributed by atoms with Crippen LogP contribution in [0.3, 0.4) is 0 Å². The van der Waals surface area contributed by atoms with E-state index in [2.05, 4.69) is 17.6 Å². The van der Waals surface area contributed by atoms with E-state index in [-0.39, 0.29) is 18.0 Å². The van der Waals surface area contributed by atoms with E-state index in [9.17, 15) is 9.59 Å². The van der Waals surface area contributed by atoms with Crippen LogP contribution in [0.2, 0.25) is 0 Å². The van der Waals surface area contributed by atoms with Gasteiger partial charge in [-0.1, -0.05) is 0 Å². The minimum Gasteiger partial charge on any atom is -0.394 e. The van der Waals surface area contributed by atoms with Gasteiger partial charge in [-0.25, -0.2) is 4.79 Å². The first kappa shape index (κ1) is 13.1. The number of thiol groups is 1. The lowest BCUT2D eigenvalue weighted by atomic mass is 10.2. The number of nitrogens with one attached hydrogen (secondary N) is 1. The summed E-state index contributed by atoms with van der Waals surface area (Å²) in [6, 6.07) is 0. The number of nitrogens with zero attached hydrogens (tertiary/aromatic N) is 1. The molecule has 0 aliphatic carbocycles. The Morgan fingerprint density at radius 1 is 1.65 bits per heavy atom. The molecule has 17 heavy (non-hydrogen) atoms. The molecule has 1 aromatic heterocycles. The number of hydrogen-bond donors (Lipinski definition) is 3. The number of aliphatic hydroxyl groups is 1. The van der Waals surface area contributed by atoms with Crippen LogP contribution in [0.15, 0.2) is 15.8 Å². The second kappa shape index (κ2) is 5.12. The highest BCUT2D eigenvalue weighted by atomic mass is 127. The largest absolute Gasteiger partial charge is 0.394 e. The van der Waals surface area contributed by atoms with Crippen molar-refractivity contribution < 1.29 is 9.84 Å². The van der Waals surface area contributed by atoms with E-state index < -0.39 is 17.5 Å². The van der Waals surface area contributed by atoms with Gasteiger partial charge < -0.3 is 9.84 Å². The van der Waals surface area contributed by atoms with Crippen LogP contribution in [0, 0.1) is 3.57 Å². The van der Waals surface area contributed by atoms with Crippen molar-refractivity contribution >= 4 is 35.2 Å². The third kappa shape index (κ3) is 2.59. The maximum Gasteiger partial charge on any atom is 0.330 e. The molecule has 1 aromatic rings. The topological polar surface area (TPSA) is 84.3 Å². The Balaban J connectivity index is 2.34. The van der Waals surface area contributed by atoms with Crippen molar-refractivity contribution in [1.82, 2.24) is 9.55 Å². The maximum atomic E-state index is 11.6. The Kier molecular flexibility index (Phi) is 3.95. The van der Waals surface area contributed by atoms with Gasteiger partial charge in [0.2, 0.25) is 0 Å². The molecule has 8 heteroatoms. The highest BCUT2D eigenvalue weighted by Gasteiger charge is 2.34. The van der Waals surface area contributed by atoms with Crippen LogP contribution in [-0.2, 0) is 4.74 Å². The van der Waals surface area contributed by atoms with Gasteiger partial charge in [0.25, 0.3) is 5.56 Å². The lowest BCUT2D eigenvalue weighted by molar-refractivity contribution is -0.0238. The number of ether oxygens (including phenoxy) is 1. The Morgan fingerprint density at radius 2 is 2.35 bits per heavy atom. The SMILES string of the molecule is O=c1[nH]c(=O)n([C@@H]2CC(S)[C@H](CO)O2)cc1I. The van der Waals surface area contributed by atoms with E-state index in [1.54, 1.807) is 0 Å². The number of H-pyrrole nitrogens is 1. The highest BCUT2D eigenvalue weighted by molar-refractivity contribution is 14.1. The van der Waals surface area contributed by atoms with Crippen molar-refractivity contribution in [2.24, 2.45) is 0 Å². The zero-order valence-electron chi connectivity index (χ0n) is 8.67. The highest BCUT2D eigenvalue weighted by Crippen LogP contribution is 2.30. The van der Waals surface area contributed by atoms with E-state index in [0.29, 0.717) is 9.99 Å². The van der Waals surface area contributed by atoms with Crippen molar-refractivity contribution in [3.63, 3.8) is 0 Å². The molecule has 94 valence electrons. The van der Waals surface area contributed by atoms with Gasteiger partial charge in [-0.05, 0) is 22.6 Å². The monoisotopic (exact) mass is 370 g/mol. The predicted molar refractivity (Wildman–Crippen MR) is 72.4 cm³/mol. The molecule has 0 saturated carbocycles. The van der Waals surface area contributed by atoms with Gasteiger partial charge in [-0.15, -0.1) is 0 Å². The molecule has 2 N–H and O–H groups in total. The maximum absolute atomic E-state index is 11.6. The van der Waals surface area contributed by atoms with Crippen LogP contribution in [0.5, 0.6) is 0 Å². The molecule has 2 rings (SSSR count). The normalized spacial score (nSPS) is 28.5. The van der Waals surface area contributed by atoms with Crippen LogP contribution in [0.25, 0.3) is 0 Å². The van der Waals surface area contributed by atoms with Crippen molar-refractivity contribution in [2.45, 2.75) is 24.0 Å². The van der Waals surface area contributed by atoms with Crippen LogP contribution < -0.4 is 11.2 Å². The number of halogens is 1. The summed E-state index contributed by atoms with van der Waals surface area (Å²) in [5, 5.41) is 8.92. The van der Waals surface area contributed by atoms with Crippen LogP contribution >= 0.6 is 35.2 Å². The fourth-order valence-corrected chi connectivity index (χ4v) is 2.50. The predicted octanol–water partition coefficient (Wildman–Crippen LogP) is -0.281. The second-order valence-corrected chi connectivity index (χ2v) is 5.58. The third-order valence-corrected chi connectivity index (χ3v) is 3.93. The van der Waals surface area contributed by atoms with E-state index >= 15 is 0 Å². The average molecular weight is 370 g/mol. The van der Waals surface area contributed by atoms with Gasteiger partial charge in [-0.3, -0.25) is 14.3 Å². The van der Waals surface area contributed by atoms with Crippen molar-refractivity contribution in [3.8, 4) is 0 Å². The van der Waals surface area contributed by atoms with Gasteiger partial charge in [0, 0.05) is 17.9 Å². The lowest BCUT2D eigenvalue weighted by Crippen LogP contribution is -2.33. The smallest absolute Gasteiger partial charge is 0.330 e. The summed E-state index contributed by atoms with van der Waals surface area (Å²) in [5.41, 5.74) is -0.925. The summed E-state index contributed by atoms with van der Waals surface area (Å²) in [6.45, 7) is -0.139. The summed E-state index contributed by atoms with van der Waals surface area (Å²) in [7, 11) is 0. The number of aromatic nitrogens is 2. The molecule has 0 radical (unpaired) electrons. The van der Waals surface area contributed by atoms with Crippen molar-refractivity contribution in [1.29, 1.82) is 0 Å². The molecule has 1 unspecified atom stereocenters. The van der Waals surface area contributed by atoms with Gasteiger partial charge in [-0.2, -0.15) is 12.6 Å². The van der Waals surface area contributed by atoms with Crippen LogP contribution in [0.4, 0.5) is 0 Å². The first-order valence-electron chi connectivity index (χ1n) is 4.98. The minimum absolute atomic E-state index is 0.124. The second-order valence-electron chi connectivity index (χ2n) is 3.76. The number of aliphatic hydroxyl groups excluding tert-OH is 1. The van der Waals surface area contributed by atoms with Gasteiger partial charge in [0.1, 0.15) is 6.23 Å². The fourth-order valence-electron chi connectivity index (χ4n) is 1.72. The molecular weight excluding hydrogens is 359 g/mol. The first-order chi connectivity index (χ1) is 8.02. The lowest BCUT2D eigenvalue weighted by Gasteiger charge is -2.14. The molecule has 1 fully saturated rings. The molecule has 3 atom stereocenters. The molecule has 2 heterocycles. The molecular formula is C9H11IN2O4S. The zero-order chi connectivity index (χ0) is 12.6. The first-order valence-corrected chi connectivity index (χ1v) is 6.57. The Bertz CT molecular complexity index is 528. The molecule has 0 spiro atoms. The summed E-state index contributed by atoms with van der Waals surface area (Å²) < 4.78 is 7.23. The van der Waals surface area contributed by atoms with E-state index in [0.717, 1.165) is 0 Å². The molecule has 0 amide bonds. The molecule has 6 nitrogen and oxygen atoms in total.